The van der Waals surface area contributed by atoms with Crippen LogP contribution in [0.2, 0.25) is 0 Å². The summed E-state index contributed by atoms with van der Waals surface area (Å²) in [6.07, 6.45) is 3.76. The van der Waals surface area contributed by atoms with Crippen LogP contribution in [-0.4, -0.2) is 37.0 Å². The Morgan fingerprint density at radius 3 is 2.46 bits per heavy atom. The lowest BCUT2D eigenvalue weighted by Gasteiger charge is -2.37. The van der Waals surface area contributed by atoms with Crippen molar-refractivity contribution >= 4 is 30.7 Å². The van der Waals surface area contributed by atoms with Gasteiger partial charge in [0.1, 0.15) is 0 Å². The second kappa shape index (κ2) is 12.5. The SMILES string of the molecule is CC1CCN(C(CNC(=O)CCCN)c2ccccc2)CC1.Cl.Cl. The molecule has 1 aromatic carbocycles. The summed E-state index contributed by atoms with van der Waals surface area (Å²) in [5.41, 5.74) is 6.75. The van der Waals surface area contributed by atoms with Crippen molar-refractivity contribution in [1.29, 1.82) is 0 Å². The molecular weight excluding hydrogens is 345 g/mol. The number of nitrogens with one attached hydrogen (secondary N) is 1. The summed E-state index contributed by atoms with van der Waals surface area (Å²) in [6, 6.07) is 10.8. The smallest absolute Gasteiger partial charge is 0.220 e. The van der Waals surface area contributed by atoms with E-state index in [1.807, 2.05) is 6.07 Å². The van der Waals surface area contributed by atoms with Crippen molar-refractivity contribution in [3.05, 3.63) is 35.9 Å². The number of piperidine rings is 1. The molecule has 1 heterocycles. The van der Waals surface area contributed by atoms with Gasteiger partial charge < -0.3 is 11.1 Å². The average molecular weight is 376 g/mol. The molecule has 1 fully saturated rings. The van der Waals surface area contributed by atoms with Crippen LogP contribution in [0, 0.1) is 5.92 Å². The van der Waals surface area contributed by atoms with Gasteiger partial charge in [0.05, 0.1) is 6.04 Å². The fourth-order valence-electron chi connectivity index (χ4n) is 3.03. The number of benzene rings is 1. The van der Waals surface area contributed by atoms with Gasteiger partial charge in [0.15, 0.2) is 0 Å². The molecule has 0 spiro atoms. The number of amides is 1. The van der Waals surface area contributed by atoms with Crippen molar-refractivity contribution in [2.75, 3.05) is 26.2 Å². The molecule has 24 heavy (non-hydrogen) atoms. The molecule has 1 amide bonds. The molecule has 6 heteroatoms. The molecule has 0 aromatic heterocycles. The molecule has 0 saturated carbocycles. The molecule has 2 rings (SSSR count). The van der Waals surface area contributed by atoms with Crippen molar-refractivity contribution < 1.29 is 4.79 Å². The van der Waals surface area contributed by atoms with E-state index in [9.17, 15) is 4.79 Å². The van der Waals surface area contributed by atoms with Gasteiger partial charge in [0.25, 0.3) is 0 Å². The molecule has 138 valence electrons. The van der Waals surface area contributed by atoms with E-state index in [0.717, 1.165) is 25.4 Å². The van der Waals surface area contributed by atoms with Crippen molar-refractivity contribution in [2.45, 2.75) is 38.6 Å². The average Bonchev–Trinajstić information content (AvgIpc) is 2.55. The fraction of sp³-hybridized carbons (Fsp3) is 0.611. The molecule has 0 bridgehead atoms. The third kappa shape index (κ3) is 7.39. The van der Waals surface area contributed by atoms with Gasteiger partial charge in [-0.15, -0.1) is 24.8 Å². The second-order valence-electron chi connectivity index (χ2n) is 6.34. The fourth-order valence-corrected chi connectivity index (χ4v) is 3.03. The number of rotatable bonds is 7. The molecule has 1 unspecified atom stereocenters. The number of halogens is 2. The third-order valence-electron chi connectivity index (χ3n) is 4.54. The Kier molecular flexibility index (Phi) is 12.1. The van der Waals surface area contributed by atoms with Crippen LogP contribution in [0.1, 0.15) is 44.2 Å². The monoisotopic (exact) mass is 375 g/mol. The lowest BCUT2D eigenvalue weighted by molar-refractivity contribution is -0.121. The highest BCUT2D eigenvalue weighted by Gasteiger charge is 2.24. The van der Waals surface area contributed by atoms with Gasteiger partial charge in [-0.3, -0.25) is 9.69 Å². The Morgan fingerprint density at radius 1 is 1.25 bits per heavy atom. The maximum atomic E-state index is 11.9. The normalized spacial score (nSPS) is 16.6. The number of hydrogen-bond donors (Lipinski definition) is 2. The molecule has 0 aliphatic carbocycles. The molecule has 1 saturated heterocycles. The summed E-state index contributed by atoms with van der Waals surface area (Å²) in [4.78, 5) is 14.4. The predicted octanol–water partition coefficient (Wildman–Crippen LogP) is 3.16. The van der Waals surface area contributed by atoms with E-state index in [4.69, 9.17) is 5.73 Å². The highest BCUT2D eigenvalue weighted by Crippen LogP contribution is 2.26. The van der Waals surface area contributed by atoms with Gasteiger partial charge in [0, 0.05) is 13.0 Å². The first-order valence-corrected chi connectivity index (χ1v) is 8.46. The van der Waals surface area contributed by atoms with Gasteiger partial charge in [-0.05, 0) is 50.4 Å². The lowest BCUT2D eigenvalue weighted by Crippen LogP contribution is -2.42. The van der Waals surface area contributed by atoms with Crippen LogP contribution in [0.3, 0.4) is 0 Å². The molecule has 0 radical (unpaired) electrons. The van der Waals surface area contributed by atoms with Crippen LogP contribution >= 0.6 is 24.8 Å². The first-order valence-electron chi connectivity index (χ1n) is 8.46. The lowest BCUT2D eigenvalue weighted by atomic mass is 9.95. The van der Waals surface area contributed by atoms with Crippen LogP contribution in [0.5, 0.6) is 0 Å². The zero-order chi connectivity index (χ0) is 15.8. The summed E-state index contributed by atoms with van der Waals surface area (Å²) in [5, 5.41) is 3.09. The summed E-state index contributed by atoms with van der Waals surface area (Å²) in [6.45, 7) is 5.80. The topological polar surface area (TPSA) is 58.4 Å². The van der Waals surface area contributed by atoms with Crippen molar-refractivity contribution in [3.8, 4) is 0 Å². The van der Waals surface area contributed by atoms with E-state index >= 15 is 0 Å². The number of hydrogen-bond acceptors (Lipinski definition) is 3. The zero-order valence-corrected chi connectivity index (χ0v) is 16.1. The Morgan fingerprint density at radius 2 is 1.88 bits per heavy atom. The van der Waals surface area contributed by atoms with Gasteiger partial charge in [0.2, 0.25) is 5.91 Å². The van der Waals surface area contributed by atoms with Gasteiger partial charge in [-0.2, -0.15) is 0 Å². The Balaban J connectivity index is 0.00000264. The highest BCUT2D eigenvalue weighted by molar-refractivity contribution is 5.85. The summed E-state index contributed by atoms with van der Waals surface area (Å²) >= 11 is 0. The minimum atomic E-state index is 0. The molecule has 1 aliphatic heterocycles. The second-order valence-corrected chi connectivity index (χ2v) is 6.34. The van der Waals surface area contributed by atoms with Crippen molar-refractivity contribution in [1.82, 2.24) is 10.2 Å². The van der Waals surface area contributed by atoms with Crippen molar-refractivity contribution in [3.63, 3.8) is 0 Å². The largest absolute Gasteiger partial charge is 0.354 e. The number of nitrogens with two attached hydrogens (primary N) is 1. The number of nitrogens with zero attached hydrogens (tertiary/aromatic N) is 1. The summed E-state index contributed by atoms with van der Waals surface area (Å²) in [5.74, 6) is 0.920. The van der Waals surface area contributed by atoms with E-state index in [1.54, 1.807) is 0 Å². The van der Waals surface area contributed by atoms with E-state index in [2.05, 4.69) is 41.4 Å². The molecule has 3 N–H and O–H groups in total. The molecule has 1 aliphatic rings. The van der Waals surface area contributed by atoms with E-state index in [0.29, 0.717) is 19.5 Å². The first-order chi connectivity index (χ1) is 10.7. The van der Waals surface area contributed by atoms with Crippen LogP contribution in [-0.2, 0) is 4.79 Å². The Labute approximate surface area is 158 Å². The van der Waals surface area contributed by atoms with Gasteiger partial charge in [-0.1, -0.05) is 37.3 Å². The molecule has 1 atom stereocenters. The standard InChI is InChI=1S/C18H29N3O.2ClH/c1-15-9-12-21(13-10-15)17(16-6-3-2-4-7-16)14-20-18(22)8-5-11-19;;/h2-4,6-7,15,17H,5,8-14,19H2,1H3,(H,20,22);2*1H. The predicted molar refractivity (Wildman–Crippen MR) is 105 cm³/mol. The number of carbonyl (C=O) groups is 1. The zero-order valence-electron chi connectivity index (χ0n) is 14.4. The van der Waals surface area contributed by atoms with Crippen molar-refractivity contribution in [2.24, 2.45) is 11.7 Å². The number of carbonyl (C=O) groups excluding carboxylic acids is 1. The van der Waals surface area contributed by atoms with Crippen LogP contribution < -0.4 is 11.1 Å². The summed E-state index contributed by atoms with van der Waals surface area (Å²) in [7, 11) is 0. The summed E-state index contributed by atoms with van der Waals surface area (Å²) < 4.78 is 0. The number of likely N-dealkylation sites (tertiary alicyclic amines) is 1. The Bertz CT molecular complexity index is 451. The minimum Gasteiger partial charge on any atom is -0.354 e. The van der Waals surface area contributed by atoms with Gasteiger partial charge >= 0.3 is 0 Å². The van der Waals surface area contributed by atoms with E-state index in [-0.39, 0.29) is 36.8 Å². The maximum Gasteiger partial charge on any atom is 0.220 e. The van der Waals surface area contributed by atoms with E-state index < -0.39 is 0 Å². The highest BCUT2D eigenvalue weighted by atomic mass is 35.5. The van der Waals surface area contributed by atoms with Crippen LogP contribution in [0.25, 0.3) is 0 Å². The maximum absolute atomic E-state index is 11.9. The van der Waals surface area contributed by atoms with Crippen LogP contribution in [0.15, 0.2) is 30.3 Å². The molecule has 1 aromatic rings. The molecular formula is C18H31Cl2N3O. The van der Waals surface area contributed by atoms with Crippen LogP contribution in [0.4, 0.5) is 0 Å². The first kappa shape index (κ1) is 23.2. The Hall–Kier alpha value is -0.810. The van der Waals surface area contributed by atoms with E-state index in [1.165, 1.54) is 18.4 Å². The molecule has 4 nitrogen and oxygen atoms in total. The third-order valence-corrected chi connectivity index (χ3v) is 4.54. The van der Waals surface area contributed by atoms with Gasteiger partial charge in [-0.25, -0.2) is 0 Å². The minimum absolute atomic E-state index is 0. The quantitative estimate of drug-likeness (QED) is 0.769.